The zero-order chi connectivity index (χ0) is 9.80. The highest BCUT2D eigenvalue weighted by atomic mass is 15.2. The number of nitrogens with zero attached hydrogens (tertiary/aromatic N) is 3. The van der Waals surface area contributed by atoms with Crippen molar-refractivity contribution in [1.29, 1.82) is 0 Å². The van der Waals surface area contributed by atoms with E-state index >= 15 is 0 Å². The van der Waals surface area contributed by atoms with Crippen LogP contribution in [-0.4, -0.2) is 41.3 Å². The summed E-state index contributed by atoms with van der Waals surface area (Å²) < 4.78 is 0. The number of hydrogen-bond acceptors (Lipinski definition) is 4. The molecule has 1 unspecified atom stereocenters. The van der Waals surface area contributed by atoms with Gasteiger partial charge in [0.15, 0.2) is 0 Å². The van der Waals surface area contributed by atoms with E-state index in [-0.39, 0.29) is 0 Å². The molecule has 1 aliphatic rings. The molecule has 76 valence electrons. The second-order valence-electron chi connectivity index (χ2n) is 3.61. The highest BCUT2D eigenvalue weighted by Gasteiger charge is 2.18. The van der Waals surface area contributed by atoms with Gasteiger partial charge in [0.25, 0.3) is 0 Å². The van der Waals surface area contributed by atoms with Gasteiger partial charge in [0.05, 0.1) is 11.7 Å². The van der Waals surface area contributed by atoms with E-state index in [1.54, 1.807) is 6.20 Å². The summed E-state index contributed by atoms with van der Waals surface area (Å²) in [6.45, 7) is 6.53. The minimum absolute atomic E-state index is 0.380. The quantitative estimate of drug-likeness (QED) is 0.738. The lowest BCUT2D eigenvalue weighted by Gasteiger charge is -2.32. The summed E-state index contributed by atoms with van der Waals surface area (Å²) in [4.78, 5) is 2.43. The molecule has 14 heavy (non-hydrogen) atoms. The monoisotopic (exact) mass is 192 g/mol. The lowest BCUT2D eigenvalue weighted by atomic mass is 10.2. The van der Waals surface area contributed by atoms with E-state index in [9.17, 15) is 0 Å². The van der Waals surface area contributed by atoms with Gasteiger partial charge >= 0.3 is 0 Å². The van der Waals surface area contributed by atoms with Gasteiger partial charge in [0.1, 0.15) is 0 Å². The molecule has 1 aromatic heterocycles. The second-order valence-corrected chi connectivity index (χ2v) is 3.61. The molecule has 0 amide bonds. The van der Waals surface area contributed by atoms with Gasteiger partial charge in [0.2, 0.25) is 0 Å². The Morgan fingerprint density at radius 2 is 2.21 bits per heavy atom. The first-order valence-electron chi connectivity index (χ1n) is 5.10. The van der Waals surface area contributed by atoms with Crippen LogP contribution in [0.25, 0.3) is 0 Å². The summed E-state index contributed by atoms with van der Waals surface area (Å²) in [6, 6.07) is 4.37. The molecule has 4 heteroatoms. The predicted molar refractivity (Wildman–Crippen MR) is 54.9 cm³/mol. The Labute approximate surface area is 84.3 Å². The van der Waals surface area contributed by atoms with Gasteiger partial charge in [-0.2, -0.15) is 10.2 Å². The highest BCUT2D eigenvalue weighted by Crippen LogP contribution is 2.16. The fraction of sp³-hybridized carbons (Fsp3) is 0.600. The van der Waals surface area contributed by atoms with Crippen molar-refractivity contribution in [2.45, 2.75) is 13.0 Å². The average Bonchev–Trinajstić information content (AvgIpc) is 2.30. The molecule has 0 spiro atoms. The maximum absolute atomic E-state index is 4.14. The van der Waals surface area contributed by atoms with Crippen LogP contribution >= 0.6 is 0 Å². The van der Waals surface area contributed by atoms with Crippen LogP contribution in [0.4, 0.5) is 0 Å². The molecule has 0 bridgehead atoms. The van der Waals surface area contributed by atoms with Crippen molar-refractivity contribution >= 4 is 0 Å². The van der Waals surface area contributed by atoms with Gasteiger partial charge in [-0.15, -0.1) is 0 Å². The maximum Gasteiger partial charge on any atom is 0.0799 e. The van der Waals surface area contributed by atoms with Crippen LogP contribution < -0.4 is 5.32 Å². The molecule has 4 nitrogen and oxygen atoms in total. The topological polar surface area (TPSA) is 41.1 Å². The highest BCUT2D eigenvalue weighted by molar-refractivity contribution is 5.04. The van der Waals surface area contributed by atoms with Crippen LogP contribution in [0.3, 0.4) is 0 Å². The van der Waals surface area contributed by atoms with Crippen molar-refractivity contribution in [2.75, 3.05) is 26.2 Å². The van der Waals surface area contributed by atoms with Crippen molar-refractivity contribution in [3.05, 3.63) is 24.0 Å². The number of hydrogen-bond donors (Lipinski definition) is 1. The van der Waals surface area contributed by atoms with Gasteiger partial charge in [-0.05, 0) is 19.1 Å². The lowest BCUT2D eigenvalue weighted by Crippen LogP contribution is -2.44. The molecule has 1 aromatic rings. The zero-order valence-corrected chi connectivity index (χ0v) is 8.48. The van der Waals surface area contributed by atoms with Gasteiger partial charge in [-0.3, -0.25) is 4.90 Å². The van der Waals surface area contributed by atoms with E-state index in [1.165, 1.54) is 0 Å². The summed E-state index contributed by atoms with van der Waals surface area (Å²) in [7, 11) is 0. The smallest absolute Gasteiger partial charge is 0.0799 e. The fourth-order valence-electron chi connectivity index (χ4n) is 1.79. The number of nitrogens with one attached hydrogen (secondary N) is 1. The molecule has 0 radical (unpaired) electrons. The number of piperazine rings is 1. The normalized spacial score (nSPS) is 20.6. The van der Waals surface area contributed by atoms with Crippen molar-refractivity contribution in [2.24, 2.45) is 0 Å². The fourth-order valence-corrected chi connectivity index (χ4v) is 1.79. The Kier molecular flexibility index (Phi) is 3.06. The van der Waals surface area contributed by atoms with Crippen LogP contribution in [0.2, 0.25) is 0 Å². The molecule has 1 aliphatic heterocycles. The minimum atomic E-state index is 0.380. The van der Waals surface area contributed by atoms with Crippen molar-refractivity contribution in [3.63, 3.8) is 0 Å². The summed E-state index contributed by atoms with van der Waals surface area (Å²) in [5, 5.41) is 11.4. The molecular formula is C10H16N4. The molecule has 0 saturated carbocycles. The Morgan fingerprint density at radius 1 is 1.43 bits per heavy atom. The van der Waals surface area contributed by atoms with Gasteiger partial charge in [0, 0.05) is 32.4 Å². The first kappa shape index (κ1) is 9.55. The van der Waals surface area contributed by atoms with E-state index in [0.717, 1.165) is 31.9 Å². The Morgan fingerprint density at radius 3 is 2.86 bits per heavy atom. The maximum atomic E-state index is 4.14. The third-order valence-corrected chi connectivity index (χ3v) is 2.72. The molecule has 0 aromatic carbocycles. The third kappa shape index (κ3) is 2.08. The van der Waals surface area contributed by atoms with E-state index in [1.807, 2.05) is 12.1 Å². The van der Waals surface area contributed by atoms with Crippen LogP contribution in [-0.2, 0) is 0 Å². The zero-order valence-electron chi connectivity index (χ0n) is 8.48. The van der Waals surface area contributed by atoms with E-state index < -0.39 is 0 Å². The van der Waals surface area contributed by atoms with Crippen LogP contribution in [0.1, 0.15) is 18.7 Å². The number of aromatic nitrogens is 2. The van der Waals surface area contributed by atoms with Gasteiger partial charge in [-0.25, -0.2) is 0 Å². The molecule has 2 rings (SSSR count). The Hall–Kier alpha value is -1.00. The third-order valence-electron chi connectivity index (χ3n) is 2.72. The summed E-state index contributed by atoms with van der Waals surface area (Å²) in [5.41, 5.74) is 1.06. The molecule has 1 atom stereocenters. The van der Waals surface area contributed by atoms with Crippen LogP contribution in [0.15, 0.2) is 18.3 Å². The Balaban J connectivity index is 2.03. The van der Waals surface area contributed by atoms with Crippen LogP contribution in [0.5, 0.6) is 0 Å². The SMILES string of the molecule is CC(c1cccnn1)N1CCNCC1. The average molecular weight is 192 g/mol. The molecule has 0 aliphatic carbocycles. The summed E-state index contributed by atoms with van der Waals surface area (Å²) in [6.07, 6.45) is 1.72. The molecule has 1 saturated heterocycles. The lowest BCUT2D eigenvalue weighted by molar-refractivity contribution is 0.182. The van der Waals surface area contributed by atoms with E-state index in [4.69, 9.17) is 0 Å². The summed E-state index contributed by atoms with van der Waals surface area (Å²) >= 11 is 0. The first-order valence-corrected chi connectivity index (χ1v) is 5.10. The van der Waals surface area contributed by atoms with Gasteiger partial charge in [-0.1, -0.05) is 0 Å². The molecular weight excluding hydrogens is 176 g/mol. The van der Waals surface area contributed by atoms with Crippen LogP contribution in [0, 0.1) is 0 Å². The summed E-state index contributed by atoms with van der Waals surface area (Å²) in [5.74, 6) is 0. The minimum Gasteiger partial charge on any atom is -0.314 e. The molecule has 1 fully saturated rings. The van der Waals surface area contributed by atoms with Gasteiger partial charge < -0.3 is 5.32 Å². The van der Waals surface area contributed by atoms with Crippen molar-refractivity contribution in [3.8, 4) is 0 Å². The van der Waals surface area contributed by atoms with E-state index in [0.29, 0.717) is 6.04 Å². The number of rotatable bonds is 2. The Bertz CT molecular complexity index is 269. The largest absolute Gasteiger partial charge is 0.314 e. The van der Waals surface area contributed by atoms with Crippen molar-refractivity contribution in [1.82, 2.24) is 20.4 Å². The standard InChI is InChI=1S/C10H16N4/c1-9(10-3-2-4-12-13-10)14-7-5-11-6-8-14/h2-4,9,11H,5-8H2,1H3. The first-order chi connectivity index (χ1) is 6.88. The molecule has 1 N–H and O–H groups in total. The predicted octanol–water partition coefficient (Wildman–Crippen LogP) is 0.443. The van der Waals surface area contributed by atoms with E-state index in [2.05, 4.69) is 27.3 Å². The second kappa shape index (κ2) is 4.48. The molecule has 2 heterocycles. The van der Waals surface area contributed by atoms with Crippen molar-refractivity contribution < 1.29 is 0 Å².